The number of aryl methyl sites for hydroxylation is 1. The summed E-state index contributed by atoms with van der Waals surface area (Å²) in [6, 6.07) is -0.0928. The Morgan fingerprint density at radius 2 is 2.00 bits per heavy atom. The average molecular weight is 537 g/mol. The number of ether oxygens (including phenoxy) is 1. The summed E-state index contributed by atoms with van der Waals surface area (Å²) in [6.45, 7) is 10.8. The van der Waals surface area contributed by atoms with E-state index in [1.807, 2.05) is 13.8 Å². The largest absolute Gasteiger partial charge is 0.462 e. The summed E-state index contributed by atoms with van der Waals surface area (Å²) in [5.41, 5.74) is 1.68. The van der Waals surface area contributed by atoms with E-state index in [2.05, 4.69) is 44.8 Å². The maximum atomic E-state index is 12.0. The van der Waals surface area contributed by atoms with Crippen molar-refractivity contribution in [2.75, 3.05) is 13.7 Å². The van der Waals surface area contributed by atoms with Crippen molar-refractivity contribution < 1.29 is 9.53 Å². The van der Waals surface area contributed by atoms with Gasteiger partial charge in [0.1, 0.15) is 9.88 Å². The van der Waals surface area contributed by atoms with E-state index in [4.69, 9.17) is 4.74 Å². The highest BCUT2D eigenvalue weighted by atomic mass is 127. The van der Waals surface area contributed by atoms with Crippen molar-refractivity contribution in [1.29, 1.82) is 0 Å². The molecule has 0 aromatic carbocycles. The van der Waals surface area contributed by atoms with Crippen LogP contribution in [-0.4, -0.2) is 35.6 Å². The molecule has 0 saturated heterocycles. The Hall–Kier alpha value is -1.27. The summed E-state index contributed by atoms with van der Waals surface area (Å²) in [6.07, 6.45) is 0. The van der Waals surface area contributed by atoms with Gasteiger partial charge in [-0.3, -0.25) is 4.99 Å². The Morgan fingerprint density at radius 3 is 2.57 bits per heavy atom. The van der Waals surface area contributed by atoms with Gasteiger partial charge in [-0.15, -0.1) is 46.7 Å². The third kappa shape index (κ3) is 6.66. The molecule has 2 aromatic heterocycles. The van der Waals surface area contributed by atoms with Gasteiger partial charge in [-0.05, 0) is 20.8 Å². The van der Waals surface area contributed by atoms with E-state index in [0.717, 1.165) is 15.7 Å². The number of hydrogen-bond donors (Lipinski definition) is 2. The third-order valence-corrected chi connectivity index (χ3v) is 6.24. The molecular formula is C18H28IN5O2S2. The van der Waals surface area contributed by atoms with Crippen LogP contribution in [0.25, 0.3) is 0 Å². The molecule has 2 aromatic rings. The molecule has 7 nitrogen and oxygen atoms in total. The fraction of sp³-hybridized carbons (Fsp3) is 0.556. The average Bonchev–Trinajstić information content (AvgIpc) is 3.25. The lowest BCUT2D eigenvalue weighted by Gasteiger charge is -2.15. The highest BCUT2D eigenvalue weighted by Gasteiger charge is 2.20. The number of esters is 1. The van der Waals surface area contributed by atoms with Crippen LogP contribution in [0.5, 0.6) is 0 Å². The Labute approximate surface area is 191 Å². The summed E-state index contributed by atoms with van der Waals surface area (Å²) in [5, 5.41) is 10.6. The quantitative estimate of drug-likeness (QED) is 0.238. The van der Waals surface area contributed by atoms with Gasteiger partial charge in [0, 0.05) is 18.3 Å². The molecule has 0 bridgehead atoms. The lowest BCUT2D eigenvalue weighted by atomic mass is 10.2. The number of guanidine groups is 1. The summed E-state index contributed by atoms with van der Waals surface area (Å²) in [5.74, 6) is 0.771. The Morgan fingerprint density at radius 1 is 1.29 bits per heavy atom. The summed E-state index contributed by atoms with van der Waals surface area (Å²) in [7, 11) is 1.72. The third-order valence-electron chi connectivity index (χ3n) is 3.72. The number of thiazole rings is 2. The molecule has 2 heterocycles. The van der Waals surface area contributed by atoms with E-state index in [1.54, 1.807) is 25.3 Å². The summed E-state index contributed by atoms with van der Waals surface area (Å²) < 4.78 is 5.08. The van der Waals surface area contributed by atoms with Gasteiger partial charge < -0.3 is 15.4 Å². The monoisotopic (exact) mass is 537 g/mol. The predicted molar refractivity (Wildman–Crippen MR) is 126 cm³/mol. The number of carbonyl (C=O) groups excluding carboxylic acids is 1. The van der Waals surface area contributed by atoms with Gasteiger partial charge in [-0.25, -0.2) is 14.8 Å². The van der Waals surface area contributed by atoms with Crippen LogP contribution in [-0.2, 0) is 11.3 Å². The number of rotatable bonds is 7. The molecule has 2 rings (SSSR count). The molecule has 28 heavy (non-hydrogen) atoms. The van der Waals surface area contributed by atoms with Crippen LogP contribution in [0.4, 0.5) is 0 Å². The van der Waals surface area contributed by atoms with Crippen LogP contribution >= 0.6 is 46.7 Å². The number of hydrogen-bond acceptors (Lipinski definition) is 7. The Kier molecular flexibility index (Phi) is 10.3. The normalized spacial score (nSPS) is 12.5. The molecule has 0 aliphatic carbocycles. The molecule has 0 radical (unpaired) electrons. The number of halogens is 1. The SMILES string of the molecule is CCOC(=O)c1sc(C(C)NC(=NC)NCc2csc(C(C)C)n2)nc1C.I. The standard InChI is InChI=1S/C18H27N5O2S2.HI/c1-7-25-17(24)14-11(4)21-16(27-14)12(5)22-18(19-6)20-8-13-9-26-15(23-13)10(2)3;/h9-10,12H,7-8H2,1-6H3,(H2,19,20,22);1H. The molecule has 0 aliphatic rings. The maximum absolute atomic E-state index is 12.0. The van der Waals surface area contributed by atoms with E-state index >= 15 is 0 Å². The second-order valence-electron chi connectivity index (χ2n) is 6.31. The van der Waals surface area contributed by atoms with Crippen molar-refractivity contribution in [2.45, 2.75) is 53.1 Å². The molecule has 1 atom stereocenters. The van der Waals surface area contributed by atoms with Crippen LogP contribution < -0.4 is 10.6 Å². The first-order valence-corrected chi connectivity index (χ1v) is 10.6. The first kappa shape index (κ1) is 24.8. The highest BCUT2D eigenvalue weighted by Crippen LogP contribution is 2.24. The molecule has 0 saturated carbocycles. The van der Waals surface area contributed by atoms with Gasteiger partial charge in [0.05, 0.1) is 35.6 Å². The summed E-state index contributed by atoms with van der Waals surface area (Å²) >= 11 is 3.02. The Balaban J connectivity index is 0.00000392. The van der Waals surface area contributed by atoms with Gasteiger partial charge in [0.25, 0.3) is 0 Å². The predicted octanol–water partition coefficient (Wildman–Crippen LogP) is 4.25. The fourth-order valence-electron chi connectivity index (χ4n) is 2.29. The summed E-state index contributed by atoms with van der Waals surface area (Å²) in [4.78, 5) is 25.9. The fourth-order valence-corrected chi connectivity index (χ4v) is 4.09. The molecule has 2 N–H and O–H groups in total. The van der Waals surface area contributed by atoms with Crippen molar-refractivity contribution in [3.8, 4) is 0 Å². The first-order chi connectivity index (χ1) is 12.8. The van der Waals surface area contributed by atoms with Crippen LogP contribution in [0.3, 0.4) is 0 Å². The van der Waals surface area contributed by atoms with E-state index in [0.29, 0.717) is 35.6 Å². The smallest absolute Gasteiger partial charge is 0.350 e. The topological polar surface area (TPSA) is 88.5 Å². The second kappa shape index (κ2) is 11.7. The highest BCUT2D eigenvalue weighted by molar-refractivity contribution is 14.0. The van der Waals surface area contributed by atoms with E-state index in [9.17, 15) is 4.79 Å². The van der Waals surface area contributed by atoms with Crippen molar-refractivity contribution in [1.82, 2.24) is 20.6 Å². The maximum Gasteiger partial charge on any atom is 0.350 e. The molecule has 0 aliphatic heterocycles. The minimum atomic E-state index is -0.321. The minimum absolute atomic E-state index is 0. The van der Waals surface area contributed by atoms with Gasteiger partial charge in [0.15, 0.2) is 5.96 Å². The van der Waals surface area contributed by atoms with E-state index < -0.39 is 0 Å². The molecule has 0 spiro atoms. The second-order valence-corrected chi connectivity index (χ2v) is 8.23. The number of nitrogens with one attached hydrogen (secondary N) is 2. The molecule has 156 valence electrons. The minimum Gasteiger partial charge on any atom is -0.462 e. The van der Waals surface area contributed by atoms with E-state index in [1.165, 1.54) is 11.3 Å². The molecule has 0 fully saturated rings. The lowest BCUT2D eigenvalue weighted by molar-refractivity contribution is 0.0531. The van der Waals surface area contributed by atoms with Gasteiger partial charge >= 0.3 is 5.97 Å². The van der Waals surface area contributed by atoms with Crippen molar-refractivity contribution >= 4 is 58.6 Å². The first-order valence-electron chi connectivity index (χ1n) is 8.91. The zero-order chi connectivity index (χ0) is 20.0. The van der Waals surface area contributed by atoms with Crippen LogP contribution in [0.15, 0.2) is 10.4 Å². The van der Waals surface area contributed by atoms with E-state index in [-0.39, 0.29) is 36.0 Å². The molecule has 10 heteroatoms. The van der Waals surface area contributed by atoms with Crippen LogP contribution in [0.2, 0.25) is 0 Å². The van der Waals surface area contributed by atoms with Gasteiger partial charge in [-0.2, -0.15) is 0 Å². The van der Waals surface area contributed by atoms with Gasteiger partial charge in [0.2, 0.25) is 0 Å². The van der Waals surface area contributed by atoms with Crippen LogP contribution in [0.1, 0.15) is 70.7 Å². The van der Waals surface area contributed by atoms with Crippen molar-refractivity contribution in [3.05, 3.63) is 31.7 Å². The molecule has 1 unspecified atom stereocenters. The molecule has 0 amide bonds. The number of nitrogens with zero attached hydrogens (tertiary/aromatic N) is 3. The zero-order valence-corrected chi connectivity index (χ0v) is 21.0. The lowest BCUT2D eigenvalue weighted by Crippen LogP contribution is -2.38. The zero-order valence-electron chi connectivity index (χ0n) is 17.0. The van der Waals surface area contributed by atoms with Crippen molar-refractivity contribution in [3.63, 3.8) is 0 Å². The number of aromatic nitrogens is 2. The number of aliphatic imine (C=N–C) groups is 1. The number of carbonyl (C=O) groups is 1. The Bertz CT molecular complexity index is 804. The van der Waals surface area contributed by atoms with Crippen LogP contribution in [0, 0.1) is 6.92 Å². The molecular weight excluding hydrogens is 509 g/mol. The van der Waals surface area contributed by atoms with Gasteiger partial charge in [-0.1, -0.05) is 13.8 Å². The van der Waals surface area contributed by atoms with Crippen molar-refractivity contribution in [2.24, 2.45) is 4.99 Å².